The van der Waals surface area contributed by atoms with Gasteiger partial charge in [0.1, 0.15) is 11.4 Å². The summed E-state index contributed by atoms with van der Waals surface area (Å²) in [6.07, 6.45) is 6.61. The first-order valence-electron chi connectivity index (χ1n) is 6.72. The number of carbonyl (C=O) groups excluding carboxylic acids is 1. The lowest BCUT2D eigenvalue weighted by Crippen LogP contribution is -2.22. The van der Waals surface area contributed by atoms with Crippen LogP contribution in [0.5, 0.6) is 5.75 Å². The summed E-state index contributed by atoms with van der Waals surface area (Å²) < 4.78 is 10.6. The van der Waals surface area contributed by atoms with Crippen LogP contribution in [0.2, 0.25) is 0 Å². The Balaban J connectivity index is 2.38. The lowest BCUT2D eigenvalue weighted by atomic mass is 10.1. The molecular formula is C17H19NO3. The van der Waals surface area contributed by atoms with E-state index in [1.807, 2.05) is 39.0 Å². The number of pyridine rings is 1. The van der Waals surface area contributed by atoms with E-state index in [2.05, 4.69) is 4.98 Å². The Morgan fingerprint density at radius 3 is 2.67 bits per heavy atom. The smallest absolute Gasteiger partial charge is 0.331 e. The molecule has 0 amide bonds. The maximum Gasteiger partial charge on any atom is 0.331 e. The number of nitrogens with zero attached hydrogens (tertiary/aromatic N) is 1. The van der Waals surface area contributed by atoms with E-state index >= 15 is 0 Å². The van der Waals surface area contributed by atoms with E-state index in [0.717, 1.165) is 16.3 Å². The molecule has 0 saturated carbocycles. The molecule has 4 nitrogen and oxygen atoms in total. The standard InChI is InChI=1S/C17H19NO3/c1-17(2,3)21-16(19)8-6-13-14-11-18-10-9-12(14)5-7-15(13)20-4/h5-11H,1-4H3/b8-6+. The van der Waals surface area contributed by atoms with E-state index in [9.17, 15) is 4.79 Å². The largest absolute Gasteiger partial charge is 0.496 e. The highest BCUT2D eigenvalue weighted by Gasteiger charge is 2.14. The van der Waals surface area contributed by atoms with Gasteiger partial charge in [-0.25, -0.2) is 4.79 Å². The molecule has 0 saturated heterocycles. The van der Waals surface area contributed by atoms with Crippen molar-refractivity contribution in [2.24, 2.45) is 0 Å². The fraction of sp³-hybridized carbons (Fsp3) is 0.294. The number of ether oxygens (including phenoxy) is 2. The van der Waals surface area contributed by atoms with E-state index in [4.69, 9.17) is 9.47 Å². The lowest BCUT2D eigenvalue weighted by molar-refractivity contribution is -0.148. The summed E-state index contributed by atoms with van der Waals surface area (Å²) in [6.45, 7) is 5.50. The molecule has 0 aliphatic carbocycles. The summed E-state index contributed by atoms with van der Waals surface area (Å²) >= 11 is 0. The molecule has 4 heteroatoms. The van der Waals surface area contributed by atoms with Gasteiger partial charge in [-0.2, -0.15) is 0 Å². The number of aromatic nitrogens is 1. The van der Waals surface area contributed by atoms with Crippen molar-refractivity contribution in [3.63, 3.8) is 0 Å². The van der Waals surface area contributed by atoms with Crippen LogP contribution in [0.25, 0.3) is 16.8 Å². The van der Waals surface area contributed by atoms with Crippen molar-refractivity contribution in [2.75, 3.05) is 7.11 Å². The zero-order valence-corrected chi connectivity index (χ0v) is 12.7. The maximum absolute atomic E-state index is 11.8. The van der Waals surface area contributed by atoms with Gasteiger partial charge < -0.3 is 9.47 Å². The average Bonchev–Trinajstić information content (AvgIpc) is 2.42. The van der Waals surface area contributed by atoms with Crippen LogP contribution < -0.4 is 4.74 Å². The minimum absolute atomic E-state index is 0.384. The predicted octanol–water partition coefficient (Wildman–Crippen LogP) is 3.60. The van der Waals surface area contributed by atoms with Gasteiger partial charge in [-0.3, -0.25) is 4.98 Å². The molecule has 0 N–H and O–H groups in total. The van der Waals surface area contributed by atoms with Crippen LogP contribution in [0, 0.1) is 0 Å². The van der Waals surface area contributed by atoms with Gasteiger partial charge in [0.2, 0.25) is 0 Å². The van der Waals surface area contributed by atoms with Gasteiger partial charge in [-0.05, 0) is 44.4 Å². The fourth-order valence-electron chi connectivity index (χ4n) is 2.00. The second-order valence-electron chi connectivity index (χ2n) is 5.65. The Kier molecular flexibility index (Phi) is 4.26. The zero-order valence-electron chi connectivity index (χ0n) is 12.7. The molecule has 1 aromatic carbocycles. The van der Waals surface area contributed by atoms with Gasteiger partial charge in [-0.15, -0.1) is 0 Å². The molecule has 2 aromatic rings. The third kappa shape index (κ3) is 3.81. The van der Waals surface area contributed by atoms with Crippen molar-refractivity contribution >= 4 is 22.8 Å². The van der Waals surface area contributed by atoms with Crippen LogP contribution in [-0.2, 0) is 9.53 Å². The number of hydrogen-bond donors (Lipinski definition) is 0. The minimum Gasteiger partial charge on any atom is -0.496 e. The fourth-order valence-corrected chi connectivity index (χ4v) is 2.00. The SMILES string of the molecule is COc1ccc2ccncc2c1/C=C/C(=O)OC(C)(C)C. The first-order valence-corrected chi connectivity index (χ1v) is 6.72. The quantitative estimate of drug-likeness (QED) is 0.638. The van der Waals surface area contributed by atoms with E-state index in [1.54, 1.807) is 25.6 Å². The Morgan fingerprint density at radius 2 is 2.00 bits per heavy atom. The summed E-state index contributed by atoms with van der Waals surface area (Å²) in [5.41, 5.74) is 0.306. The minimum atomic E-state index is -0.508. The molecule has 0 atom stereocenters. The molecule has 0 unspecified atom stereocenters. The molecule has 1 aromatic heterocycles. The highest BCUT2D eigenvalue weighted by Crippen LogP contribution is 2.28. The van der Waals surface area contributed by atoms with Crippen LogP contribution in [0.3, 0.4) is 0 Å². The number of carbonyl (C=O) groups is 1. The van der Waals surface area contributed by atoms with Crippen LogP contribution in [0.1, 0.15) is 26.3 Å². The van der Waals surface area contributed by atoms with Gasteiger partial charge in [0.25, 0.3) is 0 Å². The molecule has 1 heterocycles. The normalized spacial score (nSPS) is 11.8. The highest BCUT2D eigenvalue weighted by atomic mass is 16.6. The van der Waals surface area contributed by atoms with Crippen molar-refractivity contribution in [3.8, 4) is 5.75 Å². The average molecular weight is 285 g/mol. The van der Waals surface area contributed by atoms with Crippen molar-refractivity contribution in [1.29, 1.82) is 0 Å². The second kappa shape index (κ2) is 5.95. The van der Waals surface area contributed by atoms with Gasteiger partial charge in [-0.1, -0.05) is 6.07 Å². The monoisotopic (exact) mass is 285 g/mol. The van der Waals surface area contributed by atoms with Crippen LogP contribution in [0.15, 0.2) is 36.7 Å². The van der Waals surface area contributed by atoms with Crippen LogP contribution >= 0.6 is 0 Å². The molecule has 110 valence electrons. The Labute approximate surface area is 124 Å². The molecule has 0 radical (unpaired) electrons. The summed E-state index contributed by atoms with van der Waals surface area (Å²) in [7, 11) is 1.60. The number of fused-ring (bicyclic) bond motifs is 1. The zero-order chi connectivity index (χ0) is 15.5. The van der Waals surface area contributed by atoms with Crippen molar-refractivity contribution in [1.82, 2.24) is 4.98 Å². The Bertz CT molecular complexity index is 684. The van der Waals surface area contributed by atoms with E-state index in [1.165, 1.54) is 6.08 Å². The Hall–Kier alpha value is -2.36. The van der Waals surface area contributed by atoms with E-state index in [0.29, 0.717) is 5.75 Å². The number of hydrogen-bond acceptors (Lipinski definition) is 4. The molecule has 21 heavy (non-hydrogen) atoms. The third-order valence-electron chi connectivity index (χ3n) is 2.84. The number of rotatable bonds is 3. The first kappa shape index (κ1) is 15.0. The molecule has 2 rings (SSSR count). The van der Waals surface area contributed by atoms with Gasteiger partial charge in [0.15, 0.2) is 0 Å². The second-order valence-corrected chi connectivity index (χ2v) is 5.65. The topological polar surface area (TPSA) is 48.4 Å². The Morgan fingerprint density at radius 1 is 1.24 bits per heavy atom. The summed E-state index contributed by atoms with van der Waals surface area (Å²) in [5.74, 6) is 0.306. The third-order valence-corrected chi connectivity index (χ3v) is 2.84. The summed E-state index contributed by atoms with van der Waals surface area (Å²) in [5, 5.41) is 1.96. The maximum atomic E-state index is 11.8. The molecule has 0 bridgehead atoms. The predicted molar refractivity (Wildman–Crippen MR) is 83.2 cm³/mol. The molecule has 0 spiro atoms. The van der Waals surface area contributed by atoms with Gasteiger partial charge in [0.05, 0.1) is 7.11 Å². The summed E-state index contributed by atoms with van der Waals surface area (Å²) in [6, 6.07) is 5.75. The van der Waals surface area contributed by atoms with Crippen molar-refractivity contribution in [2.45, 2.75) is 26.4 Å². The molecule has 0 aliphatic heterocycles. The van der Waals surface area contributed by atoms with Crippen molar-refractivity contribution in [3.05, 3.63) is 42.2 Å². The first-order chi connectivity index (χ1) is 9.90. The van der Waals surface area contributed by atoms with Gasteiger partial charge >= 0.3 is 5.97 Å². The number of methoxy groups -OCH3 is 1. The highest BCUT2D eigenvalue weighted by molar-refractivity contribution is 5.96. The lowest BCUT2D eigenvalue weighted by Gasteiger charge is -2.18. The van der Waals surface area contributed by atoms with E-state index in [-0.39, 0.29) is 5.97 Å². The number of esters is 1. The van der Waals surface area contributed by atoms with Crippen LogP contribution in [0.4, 0.5) is 0 Å². The van der Waals surface area contributed by atoms with E-state index < -0.39 is 5.60 Å². The van der Waals surface area contributed by atoms with Crippen molar-refractivity contribution < 1.29 is 14.3 Å². The van der Waals surface area contributed by atoms with Gasteiger partial charge in [0, 0.05) is 29.4 Å². The molecular weight excluding hydrogens is 266 g/mol. The summed E-state index contributed by atoms with van der Waals surface area (Å²) in [4.78, 5) is 15.9. The molecule has 0 fully saturated rings. The van der Waals surface area contributed by atoms with Crippen LogP contribution in [-0.4, -0.2) is 23.7 Å². The molecule has 0 aliphatic rings. The number of benzene rings is 1.